The van der Waals surface area contributed by atoms with Gasteiger partial charge in [-0.1, -0.05) is 18.1 Å². The lowest BCUT2D eigenvalue weighted by Crippen LogP contribution is -2.23. The minimum atomic E-state index is -0.255. The molecule has 0 amide bonds. The van der Waals surface area contributed by atoms with Gasteiger partial charge in [-0.15, -0.1) is 0 Å². The summed E-state index contributed by atoms with van der Waals surface area (Å²) in [6.07, 6.45) is 2.97. The fourth-order valence-electron chi connectivity index (χ4n) is 2.16. The molecule has 0 spiro atoms. The van der Waals surface area contributed by atoms with Crippen LogP contribution in [0.2, 0.25) is 0 Å². The molecule has 2 nitrogen and oxygen atoms in total. The van der Waals surface area contributed by atoms with Gasteiger partial charge in [-0.05, 0) is 37.4 Å². The fourth-order valence-corrected chi connectivity index (χ4v) is 2.16. The Morgan fingerprint density at radius 3 is 3.20 bits per heavy atom. The number of hydrogen-bond acceptors (Lipinski definition) is 1. The molecule has 1 aliphatic rings. The van der Waals surface area contributed by atoms with Crippen molar-refractivity contribution in [2.45, 2.75) is 25.3 Å². The van der Waals surface area contributed by atoms with Crippen LogP contribution in [0.1, 0.15) is 25.3 Å². The van der Waals surface area contributed by atoms with Crippen molar-refractivity contribution in [1.29, 1.82) is 0 Å². The zero-order valence-electron chi connectivity index (χ0n) is 13.4. The molecule has 1 saturated heterocycles. The molecule has 15 heavy (non-hydrogen) atoms. The van der Waals surface area contributed by atoms with Gasteiger partial charge in [-0.2, -0.15) is 0 Å². The molecule has 1 atom stereocenters. The smallest absolute Gasteiger partial charge is 0.0819 e. The van der Waals surface area contributed by atoms with E-state index in [1.807, 2.05) is 0 Å². The van der Waals surface area contributed by atoms with Gasteiger partial charge in [-0.3, -0.25) is 0 Å². The second-order valence-corrected chi connectivity index (χ2v) is 3.98. The van der Waals surface area contributed by atoms with E-state index in [4.69, 9.17) is 6.85 Å². The summed E-state index contributed by atoms with van der Waals surface area (Å²) in [5.74, 6) is 0. The Morgan fingerprint density at radius 2 is 2.33 bits per heavy atom. The van der Waals surface area contributed by atoms with Gasteiger partial charge in [0.1, 0.15) is 0 Å². The molecule has 2 heterocycles. The van der Waals surface area contributed by atoms with Crippen LogP contribution in [0.15, 0.2) is 30.3 Å². The maximum Gasteiger partial charge on any atom is 0.0819 e. The molecule has 0 aliphatic carbocycles. The highest BCUT2D eigenvalue weighted by Crippen LogP contribution is 2.21. The Balaban J connectivity index is 2.19. The van der Waals surface area contributed by atoms with Crippen molar-refractivity contribution in [2.24, 2.45) is 0 Å². The molecule has 2 heteroatoms. The van der Waals surface area contributed by atoms with E-state index in [2.05, 4.69) is 10.3 Å². The van der Waals surface area contributed by atoms with Crippen molar-refractivity contribution in [3.05, 3.63) is 35.9 Å². The SMILES string of the molecule is [2H]c1[nH]c2c([2H])c([2H])c([2H])c([2H])c2c1C[C@H]1CCCN1. The number of benzene rings is 1. The van der Waals surface area contributed by atoms with Crippen molar-refractivity contribution in [1.82, 2.24) is 10.3 Å². The third kappa shape index (κ3) is 1.65. The first kappa shape index (κ1) is 5.17. The topological polar surface area (TPSA) is 27.8 Å². The third-order valence-corrected chi connectivity index (χ3v) is 2.94. The molecule has 0 bridgehead atoms. The quantitative estimate of drug-likeness (QED) is 0.774. The number of hydrogen-bond donors (Lipinski definition) is 2. The molecule has 0 unspecified atom stereocenters. The molecular weight excluding hydrogens is 184 g/mol. The minimum Gasteiger partial charge on any atom is -0.361 e. The summed E-state index contributed by atoms with van der Waals surface area (Å²) < 4.78 is 39.4. The van der Waals surface area contributed by atoms with Crippen LogP contribution in [0, 0.1) is 0 Å². The van der Waals surface area contributed by atoms with Crippen LogP contribution < -0.4 is 5.32 Å². The molecule has 78 valence electrons. The maximum atomic E-state index is 8.04. The zero-order valence-corrected chi connectivity index (χ0v) is 8.41. The molecule has 1 fully saturated rings. The van der Waals surface area contributed by atoms with Crippen molar-refractivity contribution in [3.63, 3.8) is 0 Å². The van der Waals surface area contributed by atoms with Gasteiger partial charge in [0.2, 0.25) is 0 Å². The van der Waals surface area contributed by atoms with Crippen LogP contribution >= 0.6 is 0 Å². The number of H-pyrrole nitrogens is 1. The second-order valence-electron chi connectivity index (χ2n) is 3.98. The highest BCUT2D eigenvalue weighted by Gasteiger charge is 2.15. The zero-order chi connectivity index (χ0) is 14.4. The Hall–Kier alpha value is -1.28. The minimum absolute atomic E-state index is 0.0521. The summed E-state index contributed by atoms with van der Waals surface area (Å²) in [6, 6.07) is -0.350. The number of rotatable bonds is 2. The summed E-state index contributed by atoms with van der Waals surface area (Å²) in [5.41, 5.74) is 1.03. The van der Waals surface area contributed by atoms with Gasteiger partial charge in [0.15, 0.2) is 0 Å². The van der Waals surface area contributed by atoms with Gasteiger partial charge in [0.05, 0.1) is 6.85 Å². The first-order valence-corrected chi connectivity index (χ1v) is 5.31. The van der Waals surface area contributed by atoms with E-state index in [0.717, 1.165) is 19.4 Å². The summed E-state index contributed by atoms with van der Waals surface area (Å²) in [6.45, 7) is 0.971. The van der Waals surface area contributed by atoms with E-state index < -0.39 is 0 Å². The normalized spacial score (nSPS) is 25.9. The van der Waals surface area contributed by atoms with Crippen LogP contribution in [-0.4, -0.2) is 17.6 Å². The van der Waals surface area contributed by atoms with Crippen LogP contribution in [-0.2, 0) is 6.42 Å². The van der Waals surface area contributed by atoms with Crippen LogP contribution in [0.5, 0.6) is 0 Å². The summed E-state index contributed by atoms with van der Waals surface area (Å²) >= 11 is 0. The molecule has 1 aliphatic heterocycles. The highest BCUT2D eigenvalue weighted by atomic mass is 14.9. The van der Waals surface area contributed by atoms with Gasteiger partial charge < -0.3 is 10.3 Å². The van der Waals surface area contributed by atoms with Crippen molar-refractivity contribution < 1.29 is 6.85 Å². The summed E-state index contributed by atoms with van der Waals surface area (Å²) in [5, 5.41) is 3.82. The second kappa shape index (κ2) is 3.70. The van der Waals surface area contributed by atoms with Crippen LogP contribution in [0.25, 0.3) is 10.9 Å². The Bertz CT molecular complexity index is 673. The van der Waals surface area contributed by atoms with E-state index in [1.165, 1.54) is 0 Å². The number of nitrogens with one attached hydrogen (secondary N) is 2. The molecular formula is C13H16N2. The Labute approximate surface area is 96.7 Å². The van der Waals surface area contributed by atoms with Gasteiger partial charge in [0, 0.05) is 23.1 Å². The fraction of sp³-hybridized carbons (Fsp3) is 0.385. The highest BCUT2D eigenvalue weighted by molar-refractivity contribution is 5.83. The average Bonchev–Trinajstić information content (AvgIpc) is 3.04. The number of fused-ring (bicyclic) bond motifs is 1. The third-order valence-electron chi connectivity index (χ3n) is 2.94. The Kier molecular flexibility index (Phi) is 1.28. The van der Waals surface area contributed by atoms with E-state index in [1.54, 1.807) is 0 Å². The van der Waals surface area contributed by atoms with E-state index in [0.29, 0.717) is 22.9 Å². The van der Waals surface area contributed by atoms with Gasteiger partial charge in [-0.25, -0.2) is 0 Å². The molecule has 2 N–H and O–H groups in total. The first-order chi connectivity index (χ1) is 9.50. The number of para-hydroxylation sites is 1. The lowest BCUT2D eigenvalue weighted by molar-refractivity contribution is 0.605. The lowest BCUT2D eigenvalue weighted by atomic mass is 10.0. The lowest BCUT2D eigenvalue weighted by Gasteiger charge is -2.08. The molecule has 3 rings (SSSR count). The van der Waals surface area contributed by atoms with Crippen LogP contribution in [0.3, 0.4) is 0 Å². The summed E-state index contributed by atoms with van der Waals surface area (Å²) in [4.78, 5) is 2.81. The van der Waals surface area contributed by atoms with E-state index in [9.17, 15) is 0 Å². The predicted molar refractivity (Wildman–Crippen MR) is 63.0 cm³/mol. The first-order valence-electron chi connectivity index (χ1n) is 7.81. The molecule has 1 aromatic heterocycles. The Morgan fingerprint density at radius 1 is 1.40 bits per heavy atom. The van der Waals surface area contributed by atoms with Crippen molar-refractivity contribution >= 4 is 10.9 Å². The molecule has 0 radical (unpaired) electrons. The average molecular weight is 205 g/mol. The van der Waals surface area contributed by atoms with Gasteiger partial charge in [0.25, 0.3) is 0 Å². The number of aromatic nitrogens is 1. The van der Waals surface area contributed by atoms with E-state index in [-0.39, 0.29) is 36.4 Å². The van der Waals surface area contributed by atoms with Crippen molar-refractivity contribution in [3.8, 4) is 0 Å². The van der Waals surface area contributed by atoms with E-state index >= 15 is 0 Å². The molecule has 2 aromatic rings. The standard InChI is InChI=1S/C13H16N2/c1-2-6-13-12(5-1)10(9-15-13)8-11-4-3-7-14-11/h1-2,5-6,9,11,14-15H,3-4,7-8H2/t11-/m1/s1/i1D,2D,5D,6D,9D. The molecule has 0 saturated carbocycles. The van der Waals surface area contributed by atoms with Crippen molar-refractivity contribution in [2.75, 3.05) is 6.54 Å². The molecule has 1 aromatic carbocycles. The number of aromatic amines is 1. The van der Waals surface area contributed by atoms with Gasteiger partial charge >= 0.3 is 0 Å². The van der Waals surface area contributed by atoms with Crippen LogP contribution in [0.4, 0.5) is 0 Å². The monoisotopic (exact) mass is 205 g/mol. The summed E-state index contributed by atoms with van der Waals surface area (Å²) in [7, 11) is 0. The predicted octanol–water partition coefficient (Wildman–Crippen LogP) is 2.46. The maximum absolute atomic E-state index is 8.04. The largest absolute Gasteiger partial charge is 0.361 e.